The Morgan fingerprint density at radius 1 is 0.822 bits per heavy atom. The summed E-state index contributed by atoms with van der Waals surface area (Å²) in [5, 5.41) is 8.27. The molecule has 1 aromatic carbocycles. The quantitative estimate of drug-likeness (QED) is 0.124. The Balaban J connectivity index is 2.37. The van der Waals surface area contributed by atoms with Crippen LogP contribution in [-0.2, 0) is 38.0 Å². The van der Waals surface area contributed by atoms with Crippen molar-refractivity contribution >= 4 is 39.5 Å². The van der Waals surface area contributed by atoms with Gasteiger partial charge in [0.25, 0.3) is 0 Å². The molecule has 1 rings (SSSR count). The third-order valence-electron chi connectivity index (χ3n) is 6.11. The van der Waals surface area contributed by atoms with Crippen LogP contribution in [0.3, 0.4) is 0 Å². The Labute approximate surface area is 276 Å². The van der Waals surface area contributed by atoms with Gasteiger partial charge in [-0.2, -0.15) is 0 Å². The van der Waals surface area contributed by atoms with Crippen LogP contribution in [-0.4, -0.2) is 109 Å². The zero-order chi connectivity index (χ0) is 33.7. The molecule has 1 atom stereocenters. The number of anilines is 1. The van der Waals surface area contributed by atoms with Gasteiger partial charge in [0.05, 0.1) is 66.1 Å². The molecule has 0 bridgehead atoms. The van der Waals surface area contributed by atoms with Gasteiger partial charge in [0.1, 0.15) is 11.6 Å². The molecule has 0 aliphatic heterocycles. The number of nitrogens with one attached hydrogen (secondary N) is 3. The minimum absolute atomic E-state index is 0.00698. The first kappa shape index (κ1) is 40.7. The lowest BCUT2D eigenvalue weighted by Gasteiger charge is -2.23. The van der Waals surface area contributed by atoms with Crippen molar-refractivity contribution in [3.8, 4) is 0 Å². The highest BCUT2D eigenvalue weighted by molar-refractivity contribution is 9.10. The van der Waals surface area contributed by atoms with Gasteiger partial charge in [0, 0.05) is 29.7 Å². The van der Waals surface area contributed by atoms with Gasteiger partial charge in [-0.15, -0.1) is 0 Å². The summed E-state index contributed by atoms with van der Waals surface area (Å²) in [6, 6.07) is 1.01. The predicted molar refractivity (Wildman–Crippen MR) is 176 cm³/mol. The fraction of sp³-hybridized carbons (Fsp3) is 0.710. The number of hydrogen-bond acceptors (Lipinski definition) is 10. The number of carbonyl (C=O) groups is 3. The maximum Gasteiger partial charge on any atom is 0.408 e. The fourth-order valence-electron chi connectivity index (χ4n) is 3.98. The highest BCUT2D eigenvalue weighted by Crippen LogP contribution is 2.31. The number of carbonyl (C=O) groups excluding carboxylic acids is 3. The molecule has 0 aromatic heterocycles. The molecule has 0 aliphatic rings. The van der Waals surface area contributed by atoms with Crippen molar-refractivity contribution in [3.05, 3.63) is 27.2 Å². The highest BCUT2D eigenvalue weighted by Gasteiger charge is 2.25. The molecule has 0 unspecified atom stereocenters. The number of benzene rings is 1. The molecule has 3 amide bonds. The summed E-state index contributed by atoms with van der Waals surface area (Å²) in [4.78, 5) is 38.2. The molecular formula is C31H53BrN4O9. The van der Waals surface area contributed by atoms with Crippen LogP contribution >= 0.6 is 15.9 Å². The van der Waals surface area contributed by atoms with E-state index in [1.807, 2.05) is 26.8 Å². The van der Waals surface area contributed by atoms with Gasteiger partial charge >= 0.3 is 6.09 Å². The van der Waals surface area contributed by atoms with Gasteiger partial charge < -0.3 is 50.1 Å². The molecule has 258 valence electrons. The van der Waals surface area contributed by atoms with E-state index in [1.54, 1.807) is 20.8 Å². The lowest BCUT2D eigenvalue weighted by atomic mass is 10.0. The number of nitrogens with two attached hydrogens (primary N) is 1. The van der Waals surface area contributed by atoms with E-state index in [0.29, 0.717) is 66.0 Å². The number of aryl methyl sites for hydroxylation is 2. The topological polar surface area (TPSA) is 169 Å². The standard InChI is InChI=1S/C31H53BrN4O9/c1-22-21-23(2)28(24(3)27(22)32)36-26(37)8-7-25(35-30(39)45-31(4,5)6)29(38)34-10-12-41-14-16-43-18-20-44-19-17-42-15-13-40-11-9-33/h21,25H,7-20,33H2,1-6H3,(H,34,38)(H,35,39)(H,36,37)/t25-/m1/s1. The zero-order valence-electron chi connectivity index (χ0n) is 27.7. The molecule has 1 aromatic rings. The lowest BCUT2D eigenvalue weighted by Crippen LogP contribution is -2.49. The largest absolute Gasteiger partial charge is 0.444 e. The van der Waals surface area contributed by atoms with Crippen LogP contribution in [0.5, 0.6) is 0 Å². The van der Waals surface area contributed by atoms with Gasteiger partial charge in [0.15, 0.2) is 0 Å². The number of hydrogen-bond donors (Lipinski definition) is 4. The van der Waals surface area contributed by atoms with Crippen molar-refractivity contribution in [1.29, 1.82) is 0 Å². The molecule has 0 saturated heterocycles. The van der Waals surface area contributed by atoms with Crippen LogP contribution in [0, 0.1) is 20.8 Å². The summed E-state index contributed by atoms with van der Waals surface area (Å²) in [5.41, 5.74) is 8.24. The summed E-state index contributed by atoms with van der Waals surface area (Å²) in [5.74, 6) is -0.713. The Bertz CT molecular complexity index is 1040. The second-order valence-corrected chi connectivity index (χ2v) is 12.0. The van der Waals surface area contributed by atoms with E-state index in [0.717, 1.165) is 26.9 Å². The number of ether oxygens (including phenoxy) is 6. The Morgan fingerprint density at radius 2 is 1.33 bits per heavy atom. The molecule has 0 spiro atoms. The third kappa shape index (κ3) is 19.1. The molecule has 0 heterocycles. The van der Waals surface area contributed by atoms with Crippen LogP contribution in [0.4, 0.5) is 10.5 Å². The van der Waals surface area contributed by atoms with E-state index >= 15 is 0 Å². The molecule has 5 N–H and O–H groups in total. The lowest BCUT2D eigenvalue weighted by molar-refractivity contribution is -0.124. The zero-order valence-corrected chi connectivity index (χ0v) is 29.3. The van der Waals surface area contributed by atoms with Gasteiger partial charge in [-0.1, -0.05) is 22.0 Å². The minimum atomic E-state index is -0.976. The minimum Gasteiger partial charge on any atom is -0.444 e. The maximum atomic E-state index is 12.9. The summed E-state index contributed by atoms with van der Waals surface area (Å²) in [6.07, 6.45) is -0.656. The number of rotatable bonds is 23. The average Bonchev–Trinajstić information content (AvgIpc) is 2.96. The smallest absolute Gasteiger partial charge is 0.408 e. The van der Waals surface area contributed by atoms with Gasteiger partial charge in [0.2, 0.25) is 11.8 Å². The molecule has 0 radical (unpaired) electrons. The molecule has 0 fully saturated rings. The van der Waals surface area contributed by atoms with Crippen molar-refractivity contribution in [1.82, 2.24) is 10.6 Å². The molecule has 45 heavy (non-hydrogen) atoms. The molecule has 0 saturated carbocycles. The second-order valence-electron chi connectivity index (χ2n) is 11.3. The molecular weight excluding hydrogens is 652 g/mol. The Hall–Kier alpha value is -2.33. The Morgan fingerprint density at radius 3 is 1.84 bits per heavy atom. The number of amides is 3. The van der Waals surface area contributed by atoms with Gasteiger partial charge in [-0.3, -0.25) is 9.59 Å². The fourth-order valence-corrected chi connectivity index (χ4v) is 4.30. The van der Waals surface area contributed by atoms with Crippen LogP contribution < -0.4 is 21.7 Å². The average molecular weight is 706 g/mol. The van der Waals surface area contributed by atoms with E-state index in [1.165, 1.54) is 0 Å². The first-order valence-electron chi connectivity index (χ1n) is 15.3. The van der Waals surface area contributed by atoms with E-state index in [4.69, 9.17) is 34.2 Å². The molecule has 13 nitrogen and oxygen atoms in total. The van der Waals surface area contributed by atoms with Crippen molar-refractivity contribution < 1.29 is 42.8 Å². The summed E-state index contributed by atoms with van der Waals surface area (Å²) >= 11 is 3.56. The number of alkyl carbamates (subject to hydrolysis) is 1. The highest BCUT2D eigenvalue weighted by atomic mass is 79.9. The SMILES string of the molecule is Cc1cc(C)c(NC(=O)CC[C@@H](NC(=O)OC(C)(C)C)C(=O)NCCOCCOCCOCCOCCOCCN)c(C)c1Br. The monoisotopic (exact) mass is 704 g/mol. The molecule has 0 aliphatic carbocycles. The van der Waals surface area contributed by atoms with Crippen molar-refractivity contribution in [3.63, 3.8) is 0 Å². The van der Waals surface area contributed by atoms with E-state index in [9.17, 15) is 14.4 Å². The van der Waals surface area contributed by atoms with Crippen LogP contribution in [0.25, 0.3) is 0 Å². The Kier molecular flexibility index (Phi) is 20.9. The summed E-state index contributed by atoms with van der Waals surface area (Å²) in [7, 11) is 0. The summed E-state index contributed by atoms with van der Waals surface area (Å²) < 4.78 is 33.2. The van der Waals surface area contributed by atoms with E-state index in [-0.39, 0.29) is 31.9 Å². The van der Waals surface area contributed by atoms with Gasteiger partial charge in [-0.05, 0) is 64.7 Å². The maximum absolute atomic E-state index is 12.9. The first-order chi connectivity index (χ1) is 21.4. The van der Waals surface area contributed by atoms with Gasteiger partial charge in [-0.25, -0.2) is 4.79 Å². The third-order valence-corrected chi connectivity index (χ3v) is 7.33. The first-order valence-corrected chi connectivity index (χ1v) is 16.1. The van der Waals surface area contributed by atoms with E-state index in [2.05, 4.69) is 31.9 Å². The molecule has 14 heteroatoms. The predicted octanol–water partition coefficient (Wildman–Crippen LogP) is 3.14. The number of halogens is 1. The van der Waals surface area contributed by atoms with Crippen LogP contribution in [0.15, 0.2) is 10.5 Å². The van der Waals surface area contributed by atoms with Crippen molar-refractivity contribution in [2.45, 2.75) is 66.0 Å². The van der Waals surface area contributed by atoms with Crippen molar-refractivity contribution in [2.24, 2.45) is 5.73 Å². The van der Waals surface area contributed by atoms with E-state index < -0.39 is 23.6 Å². The second kappa shape index (κ2) is 23.1. The normalized spacial score (nSPS) is 12.1. The van der Waals surface area contributed by atoms with Crippen molar-refractivity contribution in [2.75, 3.05) is 84.5 Å². The van der Waals surface area contributed by atoms with Crippen LogP contribution in [0.1, 0.15) is 50.3 Å². The van der Waals surface area contributed by atoms with Crippen LogP contribution in [0.2, 0.25) is 0 Å². The summed E-state index contributed by atoms with van der Waals surface area (Å²) in [6.45, 7) is 16.1.